The molecule has 1 atom stereocenters. The molecule has 0 aromatic heterocycles. The van der Waals surface area contributed by atoms with Crippen molar-refractivity contribution in [1.82, 2.24) is 0 Å². The molecule has 2 nitrogen and oxygen atoms in total. The first kappa shape index (κ1) is 19.6. The predicted octanol–water partition coefficient (Wildman–Crippen LogP) is 5.30. The maximum atomic E-state index is 12.1. The molecule has 0 bridgehead atoms. The van der Waals surface area contributed by atoms with Crippen LogP contribution < -0.4 is 0 Å². The van der Waals surface area contributed by atoms with Crippen LogP contribution in [-0.2, 0) is 4.79 Å². The number of aliphatic hydroxyl groups is 1. The van der Waals surface area contributed by atoms with Crippen molar-refractivity contribution in [3.63, 3.8) is 0 Å². The van der Waals surface area contributed by atoms with E-state index in [0.717, 1.165) is 56.9 Å². The van der Waals surface area contributed by atoms with E-state index in [1.165, 1.54) is 0 Å². The van der Waals surface area contributed by atoms with Crippen LogP contribution >= 0.6 is 0 Å². The summed E-state index contributed by atoms with van der Waals surface area (Å²) in [6, 6.07) is 0. The van der Waals surface area contributed by atoms with E-state index in [4.69, 9.17) is 5.11 Å². The van der Waals surface area contributed by atoms with E-state index < -0.39 is 0 Å². The van der Waals surface area contributed by atoms with Crippen LogP contribution in [0.15, 0.2) is 48.1 Å². The number of unbranched alkanes of at least 4 members (excludes halogenated alkanes) is 4. The summed E-state index contributed by atoms with van der Waals surface area (Å²) >= 11 is 0. The molecule has 1 aliphatic rings. The van der Waals surface area contributed by atoms with Crippen LogP contribution in [-0.4, -0.2) is 17.5 Å². The highest BCUT2D eigenvalue weighted by Crippen LogP contribution is 2.39. The number of carbonyl (C=O) groups excluding carboxylic acids is 1. The summed E-state index contributed by atoms with van der Waals surface area (Å²) in [4.78, 5) is 12.1. The van der Waals surface area contributed by atoms with Gasteiger partial charge in [-0.2, -0.15) is 0 Å². The summed E-state index contributed by atoms with van der Waals surface area (Å²) < 4.78 is 0. The molecule has 2 heteroatoms. The fourth-order valence-corrected chi connectivity index (χ4v) is 2.82. The third-order valence-corrected chi connectivity index (χ3v) is 4.30. The highest BCUT2D eigenvalue weighted by atomic mass is 16.2. The highest BCUT2D eigenvalue weighted by molar-refractivity contribution is 6.08. The minimum Gasteiger partial charge on any atom is -0.396 e. The molecule has 0 amide bonds. The Balaban J connectivity index is 2.49. The van der Waals surface area contributed by atoms with Crippen LogP contribution in [0.4, 0.5) is 0 Å². The van der Waals surface area contributed by atoms with Gasteiger partial charge >= 0.3 is 0 Å². The number of carbonyl (C=O) groups is 1. The quantitative estimate of drug-likeness (QED) is 0.319. The molecule has 0 radical (unpaired) electrons. The van der Waals surface area contributed by atoms with Crippen molar-refractivity contribution in [2.24, 2.45) is 5.41 Å². The van der Waals surface area contributed by atoms with Gasteiger partial charge in [0.1, 0.15) is 0 Å². The topological polar surface area (TPSA) is 37.3 Å². The van der Waals surface area contributed by atoms with Gasteiger partial charge in [0.05, 0.1) is 0 Å². The molecule has 23 heavy (non-hydrogen) atoms. The zero-order valence-electron chi connectivity index (χ0n) is 14.8. The summed E-state index contributed by atoms with van der Waals surface area (Å²) in [6.45, 7) is 4.56. The SMILES string of the molecule is CC/C=C\CCCC=C1C(=O)C=CC1(C)C/C=C\CCCCO. The first-order valence-corrected chi connectivity index (χ1v) is 8.99. The zero-order valence-corrected chi connectivity index (χ0v) is 14.8. The second-order valence-electron chi connectivity index (χ2n) is 6.44. The predicted molar refractivity (Wildman–Crippen MR) is 98.3 cm³/mol. The van der Waals surface area contributed by atoms with Crippen molar-refractivity contribution in [1.29, 1.82) is 0 Å². The minimum absolute atomic E-state index is 0.149. The van der Waals surface area contributed by atoms with Crippen molar-refractivity contribution >= 4 is 5.78 Å². The van der Waals surface area contributed by atoms with E-state index in [1.807, 2.05) is 0 Å². The molecule has 1 aliphatic carbocycles. The summed E-state index contributed by atoms with van der Waals surface area (Å²) in [5.41, 5.74) is 0.807. The van der Waals surface area contributed by atoms with Crippen LogP contribution in [0, 0.1) is 5.41 Å². The summed E-state index contributed by atoms with van der Waals surface area (Å²) in [6.07, 6.45) is 22.7. The maximum Gasteiger partial charge on any atom is 0.182 e. The molecule has 1 rings (SSSR count). The van der Waals surface area contributed by atoms with E-state index in [-0.39, 0.29) is 17.8 Å². The van der Waals surface area contributed by atoms with Crippen molar-refractivity contribution in [2.75, 3.05) is 6.61 Å². The lowest BCUT2D eigenvalue weighted by molar-refractivity contribution is -0.111. The lowest BCUT2D eigenvalue weighted by Gasteiger charge is -2.22. The van der Waals surface area contributed by atoms with E-state index in [2.05, 4.69) is 50.3 Å². The largest absolute Gasteiger partial charge is 0.396 e. The van der Waals surface area contributed by atoms with Crippen LogP contribution in [0.3, 0.4) is 0 Å². The van der Waals surface area contributed by atoms with Crippen molar-refractivity contribution in [3.05, 3.63) is 48.1 Å². The van der Waals surface area contributed by atoms with E-state index >= 15 is 0 Å². The van der Waals surface area contributed by atoms with Gasteiger partial charge in [0.25, 0.3) is 0 Å². The second kappa shape index (κ2) is 11.2. The first-order chi connectivity index (χ1) is 11.1. The van der Waals surface area contributed by atoms with E-state index in [1.54, 1.807) is 6.08 Å². The number of rotatable bonds is 11. The Morgan fingerprint density at radius 2 is 1.78 bits per heavy atom. The summed E-state index contributed by atoms with van der Waals surface area (Å²) in [5, 5.41) is 8.77. The third-order valence-electron chi connectivity index (χ3n) is 4.30. The number of ketones is 1. The Kier molecular flexibility index (Phi) is 9.54. The average Bonchev–Trinajstić information content (AvgIpc) is 2.82. The molecule has 1 unspecified atom stereocenters. The Labute approximate surface area is 141 Å². The summed E-state index contributed by atoms with van der Waals surface area (Å²) in [7, 11) is 0. The number of hydrogen-bond acceptors (Lipinski definition) is 2. The van der Waals surface area contributed by atoms with Gasteiger partial charge in [-0.1, -0.05) is 50.3 Å². The van der Waals surface area contributed by atoms with Crippen LogP contribution in [0.5, 0.6) is 0 Å². The van der Waals surface area contributed by atoms with Gasteiger partial charge in [0.15, 0.2) is 5.78 Å². The monoisotopic (exact) mass is 316 g/mol. The van der Waals surface area contributed by atoms with Crippen LogP contribution in [0.2, 0.25) is 0 Å². The van der Waals surface area contributed by atoms with E-state index in [0.29, 0.717) is 0 Å². The minimum atomic E-state index is -0.149. The molecule has 0 saturated carbocycles. The van der Waals surface area contributed by atoms with Gasteiger partial charge in [-0.15, -0.1) is 0 Å². The molecule has 0 saturated heterocycles. The molecule has 0 aliphatic heterocycles. The van der Waals surface area contributed by atoms with Crippen LogP contribution in [0.25, 0.3) is 0 Å². The highest BCUT2D eigenvalue weighted by Gasteiger charge is 2.33. The molecular formula is C21H32O2. The van der Waals surface area contributed by atoms with Gasteiger partial charge in [-0.05, 0) is 57.4 Å². The smallest absolute Gasteiger partial charge is 0.182 e. The molecular weight excluding hydrogens is 284 g/mol. The third kappa shape index (κ3) is 7.13. The second-order valence-corrected chi connectivity index (χ2v) is 6.44. The number of hydrogen-bond donors (Lipinski definition) is 1. The normalized spacial score (nSPS) is 23.1. The number of allylic oxidation sites excluding steroid dienone is 8. The summed E-state index contributed by atoms with van der Waals surface area (Å²) in [5.74, 6) is 0.172. The average molecular weight is 316 g/mol. The van der Waals surface area contributed by atoms with E-state index in [9.17, 15) is 4.79 Å². The Morgan fingerprint density at radius 3 is 2.52 bits per heavy atom. The Morgan fingerprint density at radius 1 is 1.04 bits per heavy atom. The van der Waals surface area contributed by atoms with Gasteiger partial charge in [-0.3, -0.25) is 4.79 Å². The molecule has 128 valence electrons. The maximum absolute atomic E-state index is 12.1. The Hall–Kier alpha value is -1.41. The fraction of sp³-hybridized carbons (Fsp3) is 0.571. The lowest BCUT2D eigenvalue weighted by Crippen LogP contribution is -2.15. The van der Waals surface area contributed by atoms with Gasteiger partial charge in [-0.25, -0.2) is 0 Å². The molecule has 0 fully saturated rings. The Bertz CT molecular complexity index is 468. The number of aliphatic hydroxyl groups excluding tert-OH is 1. The first-order valence-electron chi connectivity index (χ1n) is 8.99. The van der Waals surface area contributed by atoms with Gasteiger partial charge in [0.2, 0.25) is 0 Å². The zero-order chi connectivity index (χ0) is 17.0. The molecule has 0 aromatic rings. The standard InChI is InChI=1S/C21H32O2/c1-3-4-5-6-8-11-14-19-20(23)15-17-21(19,2)16-12-9-7-10-13-18-22/h4-5,9,12,14-15,17,22H,3,6-8,10-11,13,16,18H2,1-2H3/b5-4-,12-9-,19-14?. The molecule has 1 N–H and O–H groups in total. The molecule has 0 spiro atoms. The molecule has 0 heterocycles. The molecule has 0 aromatic carbocycles. The van der Waals surface area contributed by atoms with Gasteiger partial charge < -0.3 is 5.11 Å². The van der Waals surface area contributed by atoms with Crippen molar-refractivity contribution in [2.45, 2.75) is 65.2 Å². The fourth-order valence-electron chi connectivity index (χ4n) is 2.82. The lowest BCUT2D eigenvalue weighted by atomic mass is 9.81. The van der Waals surface area contributed by atoms with Crippen LogP contribution in [0.1, 0.15) is 65.2 Å². The van der Waals surface area contributed by atoms with Crippen molar-refractivity contribution < 1.29 is 9.90 Å². The van der Waals surface area contributed by atoms with Crippen molar-refractivity contribution in [3.8, 4) is 0 Å². The van der Waals surface area contributed by atoms with Gasteiger partial charge in [0, 0.05) is 17.6 Å².